The average Bonchev–Trinajstić information content (AvgIpc) is 3.23. The summed E-state index contributed by atoms with van der Waals surface area (Å²) >= 11 is 0. The number of para-hydroxylation sites is 1. The van der Waals surface area contributed by atoms with E-state index in [2.05, 4.69) is 5.32 Å². The molecular formula is C18H21BN2O6. The Balaban J connectivity index is 1.43. The van der Waals surface area contributed by atoms with Crippen LogP contribution in [0.3, 0.4) is 0 Å². The van der Waals surface area contributed by atoms with Crippen LogP contribution < -0.4 is 5.32 Å². The summed E-state index contributed by atoms with van der Waals surface area (Å²) in [6.45, 7) is 0.781. The highest BCUT2D eigenvalue weighted by Crippen LogP contribution is 2.26. The van der Waals surface area contributed by atoms with Gasteiger partial charge in [-0.05, 0) is 30.9 Å². The second-order valence-corrected chi connectivity index (χ2v) is 7.12. The van der Waals surface area contributed by atoms with E-state index in [9.17, 15) is 19.6 Å². The molecule has 3 atom stereocenters. The van der Waals surface area contributed by atoms with Crippen LogP contribution in [0.5, 0.6) is 0 Å². The lowest BCUT2D eigenvalue weighted by atomic mass is 9.76. The van der Waals surface area contributed by atoms with E-state index in [4.69, 9.17) is 9.15 Å². The second-order valence-electron chi connectivity index (χ2n) is 7.12. The molecule has 2 fully saturated rings. The molecule has 2 aromatic rings. The van der Waals surface area contributed by atoms with Gasteiger partial charge < -0.3 is 29.4 Å². The van der Waals surface area contributed by atoms with Crippen molar-refractivity contribution in [3.05, 3.63) is 36.1 Å². The maximum atomic E-state index is 12.5. The van der Waals surface area contributed by atoms with Crippen molar-refractivity contribution in [2.24, 2.45) is 0 Å². The van der Waals surface area contributed by atoms with Crippen LogP contribution >= 0.6 is 0 Å². The lowest BCUT2D eigenvalue weighted by Gasteiger charge is -2.32. The van der Waals surface area contributed by atoms with Gasteiger partial charge in [0.1, 0.15) is 5.58 Å². The summed E-state index contributed by atoms with van der Waals surface area (Å²) in [5.74, 6) is -2.54. The van der Waals surface area contributed by atoms with E-state index >= 15 is 0 Å². The molecule has 3 N–H and O–H groups in total. The van der Waals surface area contributed by atoms with E-state index < -0.39 is 24.9 Å². The zero-order valence-corrected chi connectivity index (χ0v) is 14.7. The van der Waals surface area contributed by atoms with Crippen molar-refractivity contribution in [3.8, 4) is 0 Å². The maximum Gasteiger partial charge on any atom is 0.475 e. The van der Waals surface area contributed by atoms with Crippen molar-refractivity contribution in [2.75, 3.05) is 13.1 Å². The van der Waals surface area contributed by atoms with Crippen LogP contribution in [0.25, 0.3) is 11.0 Å². The Hall–Kier alpha value is -2.36. The number of nitrogens with one attached hydrogen (secondary N) is 1. The van der Waals surface area contributed by atoms with Gasteiger partial charge in [-0.15, -0.1) is 0 Å². The molecule has 8 nitrogen and oxygen atoms in total. The molecule has 9 heteroatoms. The molecule has 2 bridgehead atoms. The van der Waals surface area contributed by atoms with Gasteiger partial charge in [0.15, 0.2) is 0 Å². The van der Waals surface area contributed by atoms with Gasteiger partial charge in [-0.2, -0.15) is 0 Å². The molecule has 2 amide bonds. The molecule has 2 saturated heterocycles. The number of likely N-dealkylation sites (tertiary alicyclic amines) is 1. The Morgan fingerprint density at radius 3 is 2.63 bits per heavy atom. The van der Waals surface area contributed by atoms with E-state index in [0.717, 1.165) is 23.8 Å². The van der Waals surface area contributed by atoms with Crippen molar-refractivity contribution in [1.29, 1.82) is 0 Å². The van der Waals surface area contributed by atoms with Gasteiger partial charge in [-0.3, -0.25) is 9.59 Å². The normalized spacial score (nSPS) is 22.7. The second kappa shape index (κ2) is 7.34. The molecule has 0 spiro atoms. The molecule has 2 aliphatic rings. The summed E-state index contributed by atoms with van der Waals surface area (Å²) < 4.78 is 11.1. The van der Waals surface area contributed by atoms with Crippen LogP contribution in [-0.4, -0.2) is 65.1 Å². The molecule has 142 valence electrons. The predicted octanol–water partition coefficient (Wildman–Crippen LogP) is -0.138. The number of hydrogen-bond donors (Lipinski definition) is 3. The van der Waals surface area contributed by atoms with E-state index in [1.807, 2.05) is 18.2 Å². The van der Waals surface area contributed by atoms with Crippen LogP contribution in [-0.2, 0) is 20.7 Å². The highest BCUT2D eigenvalue weighted by atomic mass is 16.5. The zero-order chi connectivity index (χ0) is 19.0. The molecule has 0 saturated carbocycles. The fourth-order valence-corrected chi connectivity index (χ4v) is 3.81. The Morgan fingerprint density at radius 1 is 1.22 bits per heavy atom. The molecule has 0 aliphatic carbocycles. The van der Waals surface area contributed by atoms with E-state index in [1.54, 1.807) is 6.07 Å². The molecule has 4 rings (SSSR count). The molecule has 2 unspecified atom stereocenters. The monoisotopic (exact) mass is 372 g/mol. The number of morpholine rings is 1. The molecule has 0 radical (unpaired) electrons. The third-order valence-corrected chi connectivity index (χ3v) is 5.20. The Bertz CT molecular complexity index is 841. The van der Waals surface area contributed by atoms with Crippen LogP contribution in [0.2, 0.25) is 0 Å². The summed E-state index contributed by atoms with van der Waals surface area (Å²) in [7, 11) is -1.81. The smallest absolute Gasteiger partial charge is 0.464 e. The van der Waals surface area contributed by atoms with Crippen LogP contribution in [0, 0.1) is 0 Å². The number of hydrogen-bond acceptors (Lipinski definition) is 6. The Kier molecular flexibility index (Phi) is 4.90. The van der Waals surface area contributed by atoms with E-state index in [1.165, 1.54) is 11.2 Å². The van der Waals surface area contributed by atoms with Gasteiger partial charge in [-0.25, -0.2) is 0 Å². The average molecular weight is 372 g/mol. The number of fused-ring (bicyclic) bond motifs is 3. The van der Waals surface area contributed by atoms with E-state index in [-0.39, 0.29) is 18.6 Å². The molecule has 1 aromatic heterocycles. The predicted molar refractivity (Wildman–Crippen MR) is 96.5 cm³/mol. The van der Waals surface area contributed by atoms with Crippen molar-refractivity contribution < 1.29 is 28.8 Å². The standard InChI is InChI=1S/C18H21BN2O6/c22-17(18(23)21-8-12-5-6-13(9-21)27-12)20-16(19(24)25)7-11-10-26-15-4-2-1-3-14(11)15/h1-4,10,12-13,16,24-25H,5-9H2,(H,20,22)/t12?,13?,16-/m0/s1. The first-order chi connectivity index (χ1) is 13.0. The number of ether oxygens (including phenoxy) is 1. The number of carbonyl (C=O) groups is 2. The number of amides is 2. The molecule has 27 heavy (non-hydrogen) atoms. The van der Waals surface area contributed by atoms with Gasteiger partial charge in [-0.1, -0.05) is 18.2 Å². The summed E-state index contributed by atoms with van der Waals surface area (Å²) in [6, 6.07) is 7.34. The number of nitrogens with zero attached hydrogens (tertiary/aromatic N) is 1. The van der Waals surface area contributed by atoms with Gasteiger partial charge in [0.25, 0.3) is 0 Å². The topological polar surface area (TPSA) is 112 Å². The first kappa shape index (κ1) is 18.0. The highest BCUT2D eigenvalue weighted by Gasteiger charge is 2.38. The van der Waals surface area contributed by atoms with Crippen molar-refractivity contribution >= 4 is 29.9 Å². The molecular weight excluding hydrogens is 351 g/mol. The van der Waals surface area contributed by atoms with Gasteiger partial charge in [0.05, 0.1) is 24.4 Å². The number of benzene rings is 1. The van der Waals surface area contributed by atoms with Crippen molar-refractivity contribution in [3.63, 3.8) is 0 Å². The minimum atomic E-state index is -1.81. The zero-order valence-electron chi connectivity index (χ0n) is 14.7. The Morgan fingerprint density at radius 2 is 1.93 bits per heavy atom. The van der Waals surface area contributed by atoms with Crippen molar-refractivity contribution in [1.82, 2.24) is 10.2 Å². The third-order valence-electron chi connectivity index (χ3n) is 5.20. The highest BCUT2D eigenvalue weighted by molar-refractivity contribution is 6.45. The summed E-state index contributed by atoms with van der Waals surface area (Å²) in [5, 5.41) is 22.6. The number of rotatable bonds is 4. The number of furan rings is 1. The molecule has 2 aliphatic heterocycles. The summed E-state index contributed by atoms with van der Waals surface area (Å²) in [4.78, 5) is 26.3. The first-order valence-corrected chi connectivity index (χ1v) is 9.07. The maximum absolute atomic E-state index is 12.5. The van der Waals surface area contributed by atoms with Crippen molar-refractivity contribution in [2.45, 2.75) is 37.4 Å². The Labute approximate surface area is 156 Å². The summed E-state index contributed by atoms with van der Waals surface area (Å²) in [5.41, 5.74) is 1.39. The molecule has 3 heterocycles. The fraction of sp³-hybridized carbons (Fsp3) is 0.444. The summed E-state index contributed by atoms with van der Waals surface area (Å²) in [6.07, 6.45) is 3.40. The third kappa shape index (κ3) is 3.71. The fourth-order valence-electron chi connectivity index (χ4n) is 3.81. The SMILES string of the molecule is O=C(N[C@@H](Cc1coc2ccccc12)B(O)O)C(=O)N1CC2CCC(C1)O2. The minimum absolute atomic E-state index is 0.0166. The van der Waals surface area contributed by atoms with E-state index in [0.29, 0.717) is 18.7 Å². The lowest BCUT2D eigenvalue weighted by Crippen LogP contribution is -2.55. The minimum Gasteiger partial charge on any atom is -0.464 e. The quantitative estimate of drug-likeness (QED) is 0.509. The van der Waals surface area contributed by atoms with Crippen LogP contribution in [0.1, 0.15) is 18.4 Å². The molecule has 1 aromatic carbocycles. The van der Waals surface area contributed by atoms with Gasteiger partial charge in [0, 0.05) is 18.5 Å². The largest absolute Gasteiger partial charge is 0.475 e. The van der Waals surface area contributed by atoms with Gasteiger partial charge in [0.2, 0.25) is 0 Å². The first-order valence-electron chi connectivity index (χ1n) is 9.07. The van der Waals surface area contributed by atoms with Crippen LogP contribution in [0.15, 0.2) is 34.9 Å². The number of carbonyl (C=O) groups excluding carboxylic acids is 2. The van der Waals surface area contributed by atoms with Gasteiger partial charge >= 0.3 is 18.9 Å². The lowest BCUT2D eigenvalue weighted by molar-refractivity contribution is -0.151. The van der Waals surface area contributed by atoms with Crippen LogP contribution in [0.4, 0.5) is 0 Å².